The average molecular weight is 289 g/mol. The van der Waals surface area contributed by atoms with Crippen molar-refractivity contribution in [2.75, 3.05) is 13.2 Å². The molecule has 21 heavy (non-hydrogen) atoms. The molecule has 6 nitrogen and oxygen atoms in total. The van der Waals surface area contributed by atoms with Gasteiger partial charge in [-0.2, -0.15) is 4.98 Å². The van der Waals surface area contributed by atoms with Gasteiger partial charge in [0.1, 0.15) is 12.4 Å². The maximum atomic E-state index is 13.6. The minimum atomic E-state index is -0.637. The quantitative estimate of drug-likeness (QED) is 0.801. The third kappa shape index (κ3) is 4.12. The zero-order valence-corrected chi connectivity index (χ0v) is 11.0. The van der Waals surface area contributed by atoms with Crippen LogP contribution in [0.2, 0.25) is 0 Å². The maximum Gasteiger partial charge on any atom is 0.254 e. The normalized spacial score (nSPS) is 9.81. The number of hydrogen-bond acceptors (Lipinski definition) is 5. The van der Waals surface area contributed by atoms with Crippen LogP contribution in [-0.2, 0) is 6.42 Å². The van der Waals surface area contributed by atoms with E-state index in [4.69, 9.17) is 5.11 Å². The minimum Gasteiger partial charge on any atom is -0.384 e. The molecule has 1 aromatic heterocycles. The highest BCUT2D eigenvalue weighted by molar-refractivity contribution is 5.94. The average Bonchev–Trinajstić information content (AvgIpc) is 2.99. The number of halogens is 1. The summed E-state index contributed by atoms with van der Waals surface area (Å²) in [4.78, 5) is 15.7. The van der Waals surface area contributed by atoms with E-state index < -0.39 is 11.7 Å². The van der Waals surface area contributed by atoms with Crippen molar-refractivity contribution in [3.05, 3.63) is 47.4 Å². The van der Waals surface area contributed by atoms with Gasteiger partial charge in [0.05, 0.1) is 5.56 Å². The van der Waals surface area contributed by atoms with Gasteiger partial charge in [-0.15, -0.1) is 0 Å². The van der Waals surface area contributed by atoms with Crippen molar-refractivity contribution in [1.82, 2.24) is 15.5 Å². The van der Waals surface area contributed by atoms with E-state index in [1.807, 2.05) is 0 Å². The molecule has 0 bridgehead atoms. The van der Waals surface area contributed by atoms with E-state index in [2.05, 4.69) is 31.8 Å². The maximum absolute atomic E-state index is 13.6. The molecule has 0 aliphatic carbocycles. The number of carbonyl (C=O) groups is 1. The first-order valence-electron chi connectivity index (χ1n) is 6.13. The lowest BCUT2D eigenvalue weighted by molar-refractivity contribution is 0.0950. The number of rotatable bonds is 4. The summed E-state index contributed by atoms with van der Waals surface area (Å²) in [5, 5.41) is 14.8. The molecule has 0 fully saturated rings. The zero-order valence-electron chi connectivity index (χ0n) is 11.0. The van der Waals surface area contributed by atoms with Gasteiger partial charge in [0.15, 0.2) is 5.82 Å². The van der Waals surface area contributed by atoms with E-state index in [1.54, 1.807) is 0 Å². The summed E-state index contributed by atoms with van der Waals surface area (Å²) < 4.78 is 18.2. The van der Waals surface area contributed by atoms with Gasteiger partial charge >= 0.3 is 0 Å². The van der Waals surface area contributed by atoms with Gasteiger partial charge in [-0.1, -0.05) is 17.0 Å². The van der Waals surface area contributed by atoms with Gasteiger partial charge in [0.2, 0.25) is 6.39 Å². The van der Waals surface area contributed by atoms with Crippen LogP contribution in [0, 0.1) is 17.7 Å². The molecule has 2 rings (SSSR count). The second-order valence-electron chi connectivity index (χ2n) is 4.01. The topological polar surface area (TPSA) is 88.3 Å². The first-order chi connectivity index (χ1) is 10.2. The number of carbonyl (C=O) groups excluding carboxylic acids is 1. The van der Waals surface area contributed by atoms with Crippen molar-refractivity contribution < 1.29 is 18.8 Å². The van der Waals surface area contributed by atoms with Gasteiger partial charge < -0.3 is 14.9 Å². The van der Waals surface area contributed by atoms with Gasteiger partial charge in [-0.05, 0) is 18.2 Å². The lowest BCUT2D eigenvalue weighted by atomic mass is 10.1. The molecular weight excluding hydrogens is 277 g/mol. The van der Waals surface area contributed by atoms with Crippen LogP contribution >= 0.6 is 0 Å². The molecule has 0 radical (unpaired) electrons. The summed E-state index contributed by atoms with van der Waals surface area (Å²) in [5.41, 5.74) is 0.349. The Hall–Kier alpha value is -2.72. The molecule has 0 spiro atoms. The Morgan fingerprint density at radius 1 is 1.48 bits per heavy atom. The fourth-order valence-electron chi connectivity index (χ4n) is 1.60. The molecule has 0 atom stereocenters. The molecule has 0 aliphatic heterocycles. The van der Waals surface area contributed by atoms with Crippen LogP contribution in [0.1, 0.15) is 21.7 Å². The van der Waals surface area contributed by atoms with Crippen molar-refractivity contribution in [2.45, 2.75) is 6.42 Å². The molecule has 0 unspecified atom stereocenters. The highest BCUT2D eigenvalue weighted by Gasteiger charge is 2.12. The molecular formula is C14H12FN3O3. The SMILES string of the molecule is O=C(NCCc1ncon1)c1cc(C#CCO)ccc1F. The first kappa shape index (κ1) is 14.7. The number of aliphatic hydroxyl groups is 1. The molecule has 2 N–H and O–H groups in total. The molecule has 108 valence electrons. The Morgan fingerprint density at radius 2 is 2.33 bits per heavy atom. The van der Waals surface area contributed by atoms with Crippen molar-refractivity contribution in [3.63, 3.8) is 0 Å². The number of nitrogens with zero attached hydrogens (tertiary/aromatic N) is 2. The van der Waals surface area contributed by atoms with E-state index in [0.717, 1.165) is 6.07 Å². The zero-order chi connectivity index (χ0) is 15.1. The Kier molecular flexibility index (Phi) is 5.01. The van der Waals surface area contributed by atoms with Gasteiger partial charge in [-0.3, -0.25) is 4.79 Å². The van der Waals surface area contributed by atoms with E-state index in [-0.39, 0.29) is 18.7 Å². The van der Waals surface area contributed by atoms with E-state index in [9.17, 15) is 9.18 Å². The third-order valence-electron chi connectivity index (χ3n) is 2.56. The Labute approximate surface area is 120 Å². The number of amides is 1. The highest BCUT2D eigenvalue weighted by atomic mass is 19.1. The van der Waals surface area contributed by atoms with Crippen molar-refractivity contribution in [3.8, 4) is 11.8 Å². The Morgan fingerprint density at radius 3 is 3.05 bits per heavy atom. The monoisotopic (exact) mass is 289 g/mol. The van der Waals surface area contributed by atoms with Crippen molar-refractivity contribution in [2.24, 2.45) is 0 Å². The standard InChI is InChI=1S/C14H12FN3O3/c15-12-4-3-10(2-1-7-19)8-11(12)14(20)16-6-5-13-17-9-21-18-13/h3-4,8-9,19H,5-7H2,(H,16,20). The van der Waals surface area contributed by atoms with Crippen LogP contribution in [0.15, 0.2) is 29.1 Å². The number of benzene rings is 1. The predicted molar refractivity (Wildman–Crippen MR) is 70.7 cm³/mol. The van der Waals surface area contributed by atoms with Crippen LogP contribution in [0.3, 0.4) is 0 Å². The predicted octanol–water partition coefficient (Wildman–Crippen LogP) is 0.525. The molecule has 1 amide bonds. The smallest absolute Gasteiger partial charge is 0.254 e. The lowest BCUT2D eigenvalue weighted by Gasteiger charge is -2.05. The summed E-state index contributed by atoms with van der Waals surface area (Å²) in [6, 6.07) is 3.94. The molecule has 0 saturated heterocycles. The number of hydrogen-bond donors (Lipinski definition) is 2. The van der Waals surface area contributed by atoms with Crippen LogP contribution in [0.5, 0.6) is 0 Å². The number of nitrogens with one attached hydrogen (secondary N) is 1. The number of aliphatic hydroxyl groups excluding tert-OH is 1. The molecule has 1 heterocycles. The lowest BCUT2D eigenvalue weighted by Crippen LogP contribution is -2.26. The third-order valence-corrected chi connectivity index (χ3v) is 2.56. The number of aromatic nitrogens is 2. The fourth-order valence-corrected chi connectivity index (χ4v) is 1.60. The summed E-state index contributed by atoms with van der Waals surface area (Å²) in [7, 11) is 0. The molecule has 0 saturated carbocycles. The van der Waals surface area contributed by atoms with E-state index in [1.165, 1.54) is 18.5 Å². The van der Waals surface area contributed by atoms with Gasteiger partial charge in [0, 0.05) is 18.5 Å². The minimum absolute atomic E-state index is 0.104. The van der Waals surface area contributed by atoms with Crippen molar-refractivity contribution >= 4 is 5.91 Å². The van der Waals surface area contributed by atoms with E-state index in [0.29, 0.717) is 17.8 Å². The summed E-state index contributed by atoms with van der Waals surface area (Å²) in [5.74, 6) is 4.32. The largest absolute Gasteiger partial charge is 0.384 e. The first-order valence-corrected chi connectivity index (χ1v) is 6.13. The second-order valence-corrected chi connectivity index (χ2v) is 4.01. The summed E-state index contributed by atoms with van der Waals surface area (Å²) >= 11 is 0. The molecule has 7 heteroatoms. The van der Waals surface area contributed by atoms with Crippen LogP contribution < -0.4 is 5.32 Å². The summed E-state index contributed by atoms with van der Waals surface area (Å²) in [6.07, 6.45) is 1.58. The van der Waals surface area contributed by atoms with Crippen LogP contribution in [0.4, 0.5) is 4.39 Å². The van der Waals surface area contributed by atoms with Crippen LogP contribution in [-0.4, -0.2) is 34.3 Å². The second kappa shape index (κ2) is 7.17. The van der Waals surface area contributed by atoms with Crippen LogP contribution in [0.25, 0.3) is 0 Å². The van der Waals surface area contributed by atoms with Gasteiger partial charge in [0.25, 0.3) is 5.91 Å². The Bertz CT molecular complexity index is 675. The fraction of sp³-hybridized carbons (Fsp3) is 0.214. The molecule has 1 aromatic carbocycles. The Balaban J connectivity index is 2.00. The highest BCUT2D eigenvalue weighted by Crippen LogP contribution is 2.10. The van der Waals surface area contributed by atoms with Gasteiger partial charge in [-0.25, -0.2) is 4.39 Å². The molecule has 0 aliphatic rings. The van der Waals surface area contributed by atoms with E-state index >= 15 is 0 Å². The molecule has 2 aromatic rings. The van der Waals surface area contributed by atoms with Crippen molar-refractivity contribution in [1.29, 1.82) is 0 Å². The summed E-state index contributed by atoms with van der Waals surface area (Å²) in [6.45, 7) is -0.0477.